The molecule has 36 heavy (non-hydrogen) atoms. The zero-order valence-electron chi connectivity index (χ0n) is 22.1. The predicted molar refractivity (Wildman–Crippen MR) is 139 cm³/mol. The summed E-state index contributed by atoms with van der Waals surface area (Å²) < 4.78 is 12.6. The van der Waals surface area contributed by atoms with Gasteiger partial charge in [-0.05, 0) is 63.0 Å². The Hall–Kier alpha value is -2.12. The van der Waals surface area contributed by atoms with E-state index in [4.69, 9.17) is 9.47 Å². The first-order valence-electron chi connectivity index (χ1n) is 14.0. The van der Waals surface area contributed by atoms with Gasteiger partial charge < -0.3 is 24.8 Å². The van der Waals surface area contributed by atoms with Gasteiger partial charge in [0.2, 0.25) is 0 Å². The van der Waals surface area contributed by atoms with Crippen molar-refractivity contribution in [2.45, 2.75) is 109 Å². The SMILES string of the molecule is CCCCNC(=O)N(CCOC1CC12CCCC(OCc1cccc(C)c1C(=O)O)C2)C1CCCC1. The molecule has 4 rings (SSSR count). The van der Waals surface area contributed by atoms with E-state index in [2.05, 4.69) is 12.2 Å². The first-order chi connectivity index (χ1) is 17.4. The smallest absolute Gasteiger partial charge is 0.336 e. The molecule has 1 aromatic carbocycles. The molecule has 7 heteroatoms. The van der Waals surface area contributed by atoms with Crippen molar-refractivity contribution < 1.29 is 24.2 Å². The summed E-state index contributed by atoms with van der Waals surface area (Å²) in [4.78, 5) is 26.5. The maximum Gasteiger partial charge on any atom is 0.336 e. The van der Waals surface area contributed by atoms with Gasteiger partial charge in [-0.25, -0.2) is 9.59 Å². The maximum atomic E-state index is 12.8. The summed E-state index contributed by atoms with van der Waals surface area (Å²) in [6.45, 7) is 6.28. The molecule has 0 radical (unpaired) electrons. The highest BCUT2D eigenvalue weighted by molar-refractivity contribution is 5.91. The molecule has 200 valence electrons. The van der Waals surface area contributed by atoms with Gasteiger partial charge in [-0.2, -0.15) is 0 Å². The Morgan fingerprint density at radius 3 is 2.69 bits per heavy atom. The fraction of sp³-hybridized carbons (Fsp3) is 0.724. The summed E-state index contributed by atoms with van der Waals surface area (Å²) in [7, 11) is 0. The van der Waals surface area contributed by atoms with Crippen LogP contribution in [0.25, 0.3) is 0 Å². The summed E-state index contributed by atoms with van der Waals surface area (Å²) in [5, 5.41) is 12.7. The van der Waals surface area contributed by atoms with Crippen molar-refractivity contribution in [3.05, 3.63) is 34.9 Å². The van der Waals surface area contributed by atoms with Crippen molar-refractivity contribution in [3.8, 4) is 0 Å². The molecule has 3 fully saturated rings. The number of aryl methyl sites for hydroxylation is 1. The van der Waals surface area contributed by atoms with Crippen LogP contribution < -0.4 is 5.32 Å². The van der Waals surface area contributed by atoms with Crippen LogP contribution in [0.15, 0.2) is 18.2 Å². The van der Waals surface area contributed by atoms with Crippen molar-refractivity contribution in [2.24, 2.45) is 5.41 Å². The number of unbranched alkanes of at least 4 members (excludes halogenated alkanes) is 1. The molecular weight excluding hydrogens is 456 g/mol. The molecular formula is C29H44N2O5. The molecule has 3 atom stereocenters. The number of hydrogen-bond acceptors (Lipinski definition) is 4. The van der Waals surface area contributed by atoms with Crippen LogP contribution >= 0.6 is 0 Å². The summed E-state index contributed by atoms with van der Waals surface area (Å²) in [6, 6.07) is 5.98. The molecule has 0 heterocycles. The predicted octanol–water partition coefficient (Wildman–Crippen LogP) is 5.68. The molecule has 1 aromatic rings. The minimum Gasteiger partial charge on any atom is -0.478 e. The third-order valence-corrected chi connectivity index (χ3v) is 8.48. The van der Waals surface area contributed by atoms with Crippen LogP contribution in [0.1, 0.15) is 99.0 Å². The second-order valence-corrected chi connectivity index (χ2v) is 11.1. The van der Waals surface area contributed by atoms with E-state index in [0.29, 0.717) is 31.4 Å². The number of carboxylic acids is 1. The van der Waals surface area contributed by atoms with E-state index in [0.717, 1.165) is 75.5 Å². The van der Waals surface area contributed by atoms with Gasteiger partial charge in [0.25, 0.3) is 0 Å². The van der Waals surface area contributed by atoms with Crippen LogP contribution in [-0.4, -0.2) is 60.0 Å². The van der Waals surface area contributed by atoms with Crippen molar-refractivity contribution in [1.29, 1.82) is 0 Å². The third kappa shape index (κ3) is 6.60. The number of nitrogens with zero attached hydrogens (tertiary/aromatic N) is 1. The van der Waals surface area contributed by atoms with E-state index in [-0.39, 0.29) is 23.7 Å². The second-order valence-electron chi connectivity index (χ2n) is 11.1. The molecule has 2 N–H and O–H groups in total. The average Bonchev–Trinajstić information content (AvgIpc) is 3.24. The summed E-state index contributed by atoms with van der Waals surface area (Å²) in [5.74, 6) is -0.895. The molecule has 3 aliphatic carbocycles. The number of carbonyl (C=O) groups excluding carboxylic acids is 1. The molecule has 2 amide bonds. The number of hydrogen-bond donors (Lipinski definition) is 2. The Labute approximate surface area is 215 Å². The van der Waals surface area contributed by atoms with Gasteiger partial charge in [-0.3, -0.25) is 0 Å². The lowest BCUT2D eigenvalue weighted by atomic mass is 9.84. The van der Waals surface area contributed by atoms with Crippen LogP contribution in [0.5, 0.6) is 0 Å². The molecule has 3 unspecified atom stereocenters. The number of ether oxygens (including phenoxy) is 2. The second kappa shape index (κ2) is 12.4. The number of aromatic carboxylic acids is 1. The van der Waals surface area contributed by atoms with Crippen LogP contribution in [-0.2, 0) is 16.1 Å². The van der Waals surface area contributed by atoms with Crippen LogP contribution in [0.4, 0.5) is 4.79 Å². The summed E-state index contributed by atoms with van der Waals surface area (Å²) in [6.07, 6.45) is 12.4. The average molecular weight is 501 g/mol. The van der Waals surface area contributed by atoms with Crippen LogP contribution in [0, 0.1) is 12.3 Å². The molecule has 0 aromatic heterocycles. The van der Waals surface area contributed by atoms with Gasteiger partial charge in [-0.15, -0.1) is 0 Å². The van der Waals surface area contributed by atoms with E-state index in [1.54, 1.807) is 0 Å². The molecule has 0 saturated heterocycles. The van der Waals surface area contributed by atoms with Crippen molar-refractivity contribution >= 4 is 12.0 Å². The number of benzene rings is 1. The minimum absolute atomic E-state index is 0.0625. The molecule has 0 bridgehead atoms. The van der Waals surface area contributed by atoms with Crippen LogP contribution in [0.3, 0.4) is 0 Å². The maximum absolute atomic E-state index is 12.8. The minimum atomic E-state index is -0.895. The zero-order valence-corrected chi connectivity index (χ0v) is 22.1. The van der Waals surface area contributed by atoms with Crippen molar-refractivity contribution in [2.75, 3.05) is 19.7 Å². The summed E-state index contributed by atoms with van der Waals surface area (Å²) >= 11 is 0. The van der Waals surface area contributed by atoms with Gasteiger partial charge in [-0.1, -0.05) is 50.8 Å². The standard InChI is InChI=1S/C29H44N2O5/c1-3-4-15-30-28(34)31(23-11-5-6-12-23)16-17-35-25-19-29(25)14-8-13-24(18-29)36-20-22-10-7-9-21(2)26(22)27(32)33/h7,9-10,23-25H,3-6,8,11-20H2,1-2H3,(H,30,34)(H,32,33). The summed E-state index contributed by atoms with van der Waals surface area (Å²) in [5.41, 5.74) is 2.06. The van der Waals surface area contributed by atoms with Gasteiger partial charge in [0.15, 0.2) is 0 Å². The first-order valence-corrected chi connectivity index (χ1v) is 14.0. The number of carbonyl (C=O) groups is 2. The van der Waals surface area contributed by atoms with Gasteiger partial charge >= 0.3 is 12.0 Å². The van der Waals surface area contributed by atoms with E-state index in [9.17, 15) is 14.7 Å². The zero-order chi connectivity index (χ0) is 25.5. The normalized spacial score (nSPS) is 25.7. The van der Waals surface area contributed by atoms with Gasteiger partial charge in [0, 0.05) is 24.5 Å². The number of carboxylic acid groups (broad SMARTS) is 1. The highest BCUT2D eigenvalue weighted by Crippen LogP contribution is 2.58. The number of urea groups is 1. The Bertz CT molecular complexity index is 900. The highest BCUT2D eigenvalue weighted by atomic mass is 16.5. The van der Waals surface area contributed by atoms with Crippen LogP contribution in [0.2, 0.25) is 0 Å². The lowest BCUT2D eigenvalue weighted by Crippen LogP contribution is -2.47. The molecule has 1 spiro atoms. The van der Waals surface area contributed by atoms with Gasteiger partial charge in [0.1, 0.15) is 0 Å². The quantitative estimate of drug-likeness (QED) is 0.360. The lowest BCUT2D eigenvalue weighted by Gasteiger charge is -2.31. The fourth-order valence-electron chi connectivity index (χ4n) is 6.30. The molecule has 7 nitrogen and oxygen atoms in total. The van der Waals surface area contributed by atoms with E-state index >= 15 is 0 Å². The first kappa shape index (κ1) is 26.9. The van der Waals surface area contributed by atoms with Gasteiger partial charge in [0.05, 0.1) is 31.0 Å². The number of amides is 2. The Morgan fingerprint density at radius 1 is 1.14 bits per heavy atom. The number of rotatable bonds is 12. The number of nitrogens with one attached hydrogen (secondary N) is 1. The Morgan fingerprint density at radius 2 is 1.94 bits per heavy atom. The van der Waals surface area contributed by atoms with Crippen molar-refractivity contribution in [3.63, 3.8) is 0 Å². The Balaban J connectivity index is 1.25. The largest absolute Gasteiger partial charge is 0.478 e. The highest BCUT2D eigenvalue weighted by Gasteiger charge is 2.57. The Kier molecular flexibility index (Phi) is 9.29. The monoisotopic (exact) mass is 500 g/mol. The lowest BCUT2D eigenvalue weighted by molar-refractivity contribution is -0.0195. The molecule has 3 aliphatic rings. The van der Waals surface area contributed by atoms with E-state index in [1.165, 1.54) is 12.8 Å². The topological polar surface area (TPSA) is 88.1 Å². The van der Waals surface area contributed by atoms with E-state index < -0.39 is 5.97 Å². The van der Waals surface area contributed by atoms with Crippen molar-refractivity contribution in [1.82, 2.24) is 10.2 Å². The fourth-order valence-corrected chi connectivity index (χ4v) is 6.30. The molecule has 3 saturated carbocycles. The van der Waals surface area contributed by atoms with E-state index in [1.807, 2.05) is 30.0 Å². The third-order valence-electron chi connectivity index (χ3n) is 8.48. The molecule has 0 aliphatic heterocycles.